The summed E-state index contributed by atoms with van der Waals surface area (Å²) in [4.78, 5) is 37.9. The predicted molar refractivity (Wildman–Crippen MR) is 106 cm³/mol. The average Bonchev–Trinajstić information content (AvgIpc) is 3.46. The van der Waals surface area contributed by atoms with E-state index < -0.39 is 0 Å². The van der Waals surface area contributed by atoms with Crippen molar-refractivity contribution >= 4 is 11.7 Å². The van der Waals surface area contributed by atoms with Crippen molar-refractivity contribution < 1.29 is 4.79 Å². The minimum Gasteiger partial charge on any atom is -0.356 e. The Hall–Kier alpha value is -3.49. The van der Waals surface area contributed by atoms with Gasteiger partial charge in [-0.15, -0.1) is 0 Å². The maximum absolute atomic E-state index is 12.8. The molecule has 1 amide bonds. The summed E-state index contributed by atoms with van der Waals surface area (Å²) in [5, 5.41) is 4.22. The van der Waals surface area contributed by atoms with Crippen LogP contribution in [0.15, 0.2) is 54.0 Å². The first-order valence-electron chi connectivity index (χ1n) is 9.62. The van der Waals surface area contributed by atoms with Crippen LogP contribution in [0.2, 0.25) is 0 Å². The fraction of sp³-hybridized carbons (Fsp3) is 0.350. The fourth-order valence-electron chi connectivity index (χ4n) is 4.32. The molecular formula is C20H21N7O2. The number of carbonyl (C=O) groups excluding carboxylic acids is 1. The number of nitrogens with zero attached hydrogens (tertiary/aromatic N) is 7. The number of amides is 1. The molecule has 0 aliphatic carbocycles. The molecule has 29 heavy (non-hydrogen) atoms. The number of fused-ring (bicyclic) bond motifs is 1. The summed E-state index contributed by atoms with van der Waals surface area (Å²) >= 11 is 0. The van der Waals surface area contributed by atoms with Crippen LogP contribution in [-0.2, 0) is 7.05 Å². The zero-order valence-electron chi connectivity index (χ0n) is 16.0. The van der Waals surface area contributed by atoms with E-state index >= 15 is 0 Å². The fourth-order valence-corrected chi connectivity index (χ4v) is 4.32. The molecule has 3 aromatic rings. The molecule has 0 radical (unpaired) electrons. The van der Waals surface area contributed by atoms with Crippen LogP contribution in [0.1, 0.15) is 10.4 Å². The van der Waals surface area contributed by atoms with Crippen LogP contribution in [0.5, 0.6) is 0 Å². The van der Waals surface area contributed by atoms with Gasteiger partial charge in [0.1, 0.15) is 17.7 Å². The smallest absolute Gasteiger partial charge is 0.263 e. The molecule has 0 bridgehead atoms. The molecule has 0 aromatic carbocycles. The zero-order valence-corrected chi connectivity index (χ0v) is 16.0. The topological polar surface area (TPSA) is 89.2 Å². The van der Waals surface area contributed by atoms with E-state index in [2.05, 4.69) is 20.0 Å². The third-order valence-corrected chi connectivity index (χ3v) is 5.83. The van der Waals surface area contributed by atoms with Gasteiger partial charge in [-0.2, -0.15) is 5.10 Å². The van der Waals surface area contributed by atoms with Crippen LogP contribution < -0.4 is 10.5 Å². The Morgan fingerprint density at radius 2 is 1.79 bits per heavy atom. The summed E-state index contributed by atoms with van der Waals surface area (Å²) in [6.07, 6.45) is 6.78. The van der Waals surface area contributed by atoms with E-state index in [1.807, 2.05) is 23.2 Å². The molecule has 9 heteroatoms. The number of aryl methyl sites for hydroxylation is 1. The van der Waals surface area contributed by atoms with Gasteiger partial charge in [-0.1, -0.05) is 0 Å². The van der Waals surface area contributed by atoms with Gasteiger partial charge in [0, 0.05) is 69.7 Å². The van der Waals surface area contributed by atoms with E-state index in [0.717, 1.165) is 24.7 Å². The van der Waals surface area contributed by atoms with Gasteiger partial charge in [0.2, 0.25) is 0 Å². The number of hydrogen-bond acceptors (Lipinski definition) is 6. The minimum absolute atomic E-state index is 0.171. The second kappa shape index (κ2) is 6.84. The average molecular weight is 391 g/mol. The lowest BCUT2D eigenvalue weighted by molar-refractivity contribution is 0.0780. The largest absolute Gasteiger partial charge is 0.356 e. The lowest BCUT2D eigenvalue weighted by atomic mass is 10.0. The van der Waals surface area contributed by atoms with Gasteiger partial charge >= 0.3 is 0 Å². The number of rotatable bonds is 3. The van der Waals surface area contributed by atoms with Gasteiger partial charge in [0.15, 0.2) is 5.82 Å². The third kappa shape index (κ3) is 3.08. The van der Waals surface area contributed by atoms with Crippen molar-refractivity contribution in [1.29, 1.82) is 0 Å². The van der Waals surface area contributed by atoms with Crippen LogP contribution in [0.4, 0.5) is 5.82 Å². The van der Waals surface area contributed by atoms with Crippen LogP contribution in [-0.4, -0.2) is 61.3 Å². The third-order valence-electron chi connectivity index (χ3n) is 5.83. The zero-order chi connectivity index (χ0) is 20.0. The van der Waals surface area contributed by atoms with Crippen molar-refractivity contribution in [3.05, 3.63) is 65.1 Å². The second-order valence-electron chi connectivity index (χ2n) is 7.66. The molecule has 2 unspecified atom stereocenters. The van der Waals surface area contributed by atoms with E-state index in [0.29, 0.717) is 24.9 Å². The molecule has 9 nitrogen and oxygen atoms in total. The van der Waals surface area contributed by atoms with Gasteiger partial charge in [-0.05, 0) is 18.2 Å². The molecule has 2 aliphatic rings. The Labute approximate surface area is 167 Å². The van der Waals surface area contributed by atoms with E-state index in [1.165, 1.54) is 4.57 Å². The Balaban J connectivity index is 1.29. The van der Waals surface area contributed by atoms with Gasteiger partial charge in [-0.3, -0.25) is 9.59 Å². The van der Waals surface area contributed by atoms with Crippen molar-refractivity contribution in [2.45, 2.75) is 0 Å². The highest BCUT2D eigenvalue weighted by molar-refractivity contribution is 5.94. The molecule has 0 N–H and O–H groups in total. The molecule has 2 saturated heterocycles. The van der Waals surface area contributed by atoms with Crippen molar-refractivity contribution in [2.24, 2.45) is 18.9 Å². The van der Waals surface area contributed by atoms with Crippen LogP contribution in [0.25, 0.3) is 5.82 Å². The number of hydrogen-bond donors (Lipinski definition) is 0. The van der Waals surface area contributed by atoms with Crippen LogP contribution in [0.3, 0.4) is 0 Å². The number of pyridine rings is 1. The molecular weight excluding hydrogens is 370 g/mol. The molecule has 0 spiro atoms. The van der Waals surface area contributed by atoms with Crippen molar-refractivity contribution in [1.82, 2.24) is 29.2 Å². The van der Waals surface area contributed by atoms with Crippen LogP contribution in [0, 0.1) is 11.8 Å². The summed E-state index contributed by atoms with van der Waals surface area (Å²) in [6, 6.07) is 7.14. The standard InChI is InChI=1S/C20H21N7O2/c1-24-6-2-4-16(19(24)28)20(29)26-11-14-9-25(10-15(14)12-26)17-8-18(22-13-21-17)27-7-3-5-23-27/h2-8,13-15H,9-12H2,1H3. The maximum atomic E-state index is 12.8. The quantitative estimate of drug-likeness (QED) is 0.649. The monoisotopic (exact) mass is 391 g/mol. The Kier molecular flexibility index (Phi) is 4.15. The predicted octanol–water partition coefficient (Wildman–Crippen LogP) is 0.569. The maximum Gasteiger partial charge on any atom is 0.263 e. The van der Waals surface area contributed by atoms with Crippen molar-refractivity contribution in [3.8, 4) is 5.82 Å². The molecule has 3 aromatic heterocycles. The van der Waals surface area contributed by atoms with Gasteiger partial charge in [-0.25, -0.2) is 14.6 Å². The van der Waals surface area contributed by atoms with Crippen molar-refractivity contribution in [2.75, 3.05) is 31.1 Å². The van der Waals surface area contributed by atoms with E-state index in [1.54, 1.807) is 42.6 Å². The Bertz CT molecular complexity index is 1090. The first kappa shape index (κ1) is 17.6. The highest BCUT2D eigenvalue weighted by Gasteiger charge is 2.42. The normalized spacial score (nSPS) is 20.9. The molecule has 148 valence electrons. The van der Waals surface area contributed by atoms with Gasteiger partial charge < -0.3 is 14.4 Å². The molecule has 5 rings (SSSR count). The summed E-state index contributed by atoms with van der Waals surface area (Å²) < 4.78 is 3.15. The number of carbonyl (C=O) groups is 1. The minimum atomic E-state index is -0.247. The highest BCUT2D eigenvalue weighted by atomic mass is 16.2. The molecule has 5 heterocycles. The summed E-state index contributed by atoms with van der Waals surface area (Å²) in [5.74, 6) is 2.17. The summed E-state index contributed by atoms with van der Waals surface area (Å²) in [6.45, 7) is 2.98. The van der Waals surface area contributed by atoms with Crippen molar-refractivity contribution in [3.63, 3.8) is 0 Å². The molecule has 0 saturated carbocycles. The first-order valence-corrected chi connectivity index (χ1v) is 9.62. The van der Waals surface area contributed by atoms with Gasteiger partial charge in [0.25, 0.3) is 11.5 Å². The second-order valence-corrected chi connectivity index (χ2v) is 7.66. The molecule has 2 fully saturated rings. The van der Waals surface area contributed by atoms with E-state index in [-0.39, 0.29) is 17.0 Å². The van der Waals surface area contributed by atoms with Crippen LogP contribution >= 0.6 is 0 Å². The lowest BCUT2D eigenvalue weighted by Gasteiger charge is -2.22. The van der Waals surface area contributed by atoms with E-state index in [9.17, 15) is 9.59 Å². The highest BCUT2D eigenvalue weighted by Crippen LogP contribution is 2.33. The number of aromatic nitrogens is 5. The Morgan fingerprint density at radius 3 is 2.52 bits per heavy atom. The van der Waals surface area contributed by atoms with E-state index in [4.69, 9.17) is 0 Å². The number of anilines is 1. The molecule has 2 atom stereocenters. The lowest BCUT2D eigenvalue weighted by Crippen LogP contribution is -2.37. The van der Waals surface area contributed by atoms with Gasteiger partial charge in [0.05, 0.1) is 0 Å². The number of likely N-dealkylation sites (tertiary alicyclic amines) is 1. The summed E-state index contributed by atoms with van der Waals surface area (Å²) in [7, 11) is 1.66. The Morgan fingerprint density at radius 1 is 1.03 bits per heavy atom. The SMILES string of the molecule is Cn1cccc(C(=O)N2CC3CN(c4cc(-n5cccn5)ncn4)CC3C2)c1=O. The molecule has 2 aliphatic heterocycles. The first-order chi connectivity index (χ1) is 14.1. The summed E-state index contributed by atoms with van der Waals surface area (Å²) in [5.41, 5.74) is -0.00480.